The van der Waals surface area contributed by atoms with E-state index in [4.69, 9.17) is 10.2 Å². The second-order valence-electron chi connectivity index (χ2n) is 4.74. The van der Waals surface area contributed by atoms with E-state index in [2.05, 4.69) is 0 Å². The van der Waals surface area contributed by atoms with Gasteiger partial charge >= 0.3 is 6.03 Å². The van der Waals surface area contributed by atoms with Gasteiger partial charge in [0.05, 0.1) is 6.54 Å². The third-order valence-corrected chi connectivity index (χ3v) is 3.03. The normalized spacial score (nSPS) is 22.4. The van der Waals surface area contributed by atoms with Gasteiger partial charge in [-0.25, -0.2) is 4.79 Å². The van der Waals surface area contributed by atoms with Crippen LogP contribution in [0.1, 0.15) is 24.5 Å². The summed E-state index contributed by atoms with van der Waals surface area (Å²) in [7, 11) is 1.80. The van der Waals surface area contributed by atoms with Crippen molar-refractivity contribution < 1.29 is 9.21 Å². The van der Waals surface area contributed by atoms with Crippen molar-refractivity contribution >= 4 is 6.03 Å². The molecule has 2 rings (SSSR count). The van der Waals surface area contributed by atoms with E-state index in [1.165, 1.54) is 0 Å². The van der Waals surface area contributed by atoms with Crippen LogP contribution in [-0.4, -0.2) is 42.0 Å². The molecule has 0 bridgehead atoms. The lowest BCUT2D eigenvalue weighted by Gasteiger charge is -2.17. The number of aryl methyl sites for hydroxylation is 1. The molecule has 0 aliphatic carbocycles. The molecule has 17 heavy (non-hydrogen) atoms. The molecule has 1 aliphatic rings. The standard InChI is InChI=1S/C12H19N3O2/c1-8(13)6-15-7-10(14(3)12(15)16)11-5-4-9(2)17-11/h4-5,8,10H,6-7,13H2,1-3H3. The first-order valence-electron chi connectivity index (χ1n) is 5.82. The van der Waals surface area contributed by atoms with E-state index in [1.54, 1.807) is 16.8 Å². The monoisotopic (exact) mass is 237 g/mol. The molecule has 0 aromatic carbocycles. The Morgan fingerprint density at radius 1 is 1.59 bits per heavy atom. The minimum absolute atomic E-state index is 0.00468. The second-order valence-corrected chi connectivity index (χ2v) is 4.74. The Bertz CT molecular complexity index is 414. The SMILES string of the molecule is Cc1ccc(C2CN(CC(C)N)C(=O)N2C)o1. The number of hydrogen-bond acceptors (Lipinski definition) is 3. The summed E-state index contributed by atoms with van der Waals surface area (Å²) >= 11 is 0. The second kappa shape index (κ2) is 4.41. The summed E-state index contributed by atoms with van der Waals surface area (Å²) in [4.78, 5) is 15.5. The molecule has 1 aliphatic heterocycles. The van der Waals surface area contributed by atoms with Crippen LogP contribution < -0.4 is 5.73 Å². The van der Waals surface area contributed by atoms with Crippen molar-refractivity contribution in [1.29, 1.82) is 0 Å². The molecule has 2 unspecified atom stereocenters. The van der Waals surface area contributed by atoms with Gasteiger partial charge in [0, 0.05) is 19.6 Å². The van der Waals surface area contributed by atoms with E-state index in [9.17, 15) is 4.79 Å². The van der Waals surface area contributed by atoms with Crippen LogP contribution in [0.3, 0.4) is 0 Å². The van der Waals surface area contributed by atoms with Crippen molar-refractivity contribution in [3.63, 3.8) is 0 Å². The maximum Gasteiger partial charge on any atom is 0.320 e. The van der Waals surface area contributed by atoms with Crippen LogP contribution in [-0.2, 0) is 0 Å². The predicted octanol–water partition coefficient (Wildman–Crippen LogP) is 1.34. The minimum atomic E-state index is -0.00978. The van der Waals surface area contributed by atoms with Crippen molar-refractivity contribution in [2.24, 2.45) is 5.73 Å². The van der Waals surface area contributed by atoms with Crippen LogP contribution >= 0.6 is 0 Å². The molecular formula is C12H19N3O2. The van der Waals surface area contributed by atoms with Gasteiger partial charge in [0.15, 0.2) is 0 Å². The molecule has 0 saturated carbocycles. The van der Waals surface area contributed by atoms with Crippen LogP contribution in [0, 0.1) is 6.92 Å². The topological polar surface area (TPSA) is 62.7 Å². The van der Waals surface area contributed by atoms with E-state index >= 15 is 0 Å². The number of nitrogens with zero attached hydrogens (tertiary/aromatic N) is 2. The van der Waals surface area contributed by atoms with Crippen molar-refractivity contribution in [3.8, 4) is 0 Å². The zero-order chi connectivity index (χ0) is 12.6. The Hall–Kier alpha value is -1.49. The molecule has 0 radical (unpaired) electrons. The summed E-state index contributed by atoms with van der Waals surface area (Å²) in [5.74, 6) is 1.71. The van der Waals surface area contributed by atoms with Crippen molar-refractivity contribution in [2.75, 3.05) is 20.1 Å². The van der Waals surface area contributed by atoms with Gasteiger partial charge in [-0.15, -0.1) is 0 Å². The molecule has 1 saturated heterocycles. The van der Waals surface area contributed by atoms with E-state index in [-0.39, 0.29) is 18.1 Å². The van der Waals surface area contributed by atoms with Gasteiger partial charge in [0.1, 0.15) is 17.6 Å². The third kappa shape index (κ3) is 2.29. The average molecular weight is 237 g/mol. The summed E-state index contributed by atoms with van der Waals surface area (Å²) in [5.41, 5.74) is 5.73. The van der Waals surface area contributed by atoms with Gasteiger partial charge in [-0.05, 0) is 26.0 Å². The third-order valence-electron chi connectivity index (χ3n) is 3.03. The molecule has 1 fully saturated rings. The summed E-state index contributed by atoms with van der Waals surface area (Å²) in [5, 5.41) is 0. The molecule has 2 atom stereocenters. The van der Waals surface area contributed by atoms with Crippen LogP contribution in [0.4, 0.5) is 4.79 Å². The van der Waals surface area contributed by atoms with E-state index in [1.807, 2.05) is 26.0 Å². The molecule has 2 N–H and O–H groups in total. The maximum absolute atomic E-state index is 12.0. The summed E-state index contributed by atoms with van der Waals surface area (Å²) in [6.45, 7) is 5.03. The first-order chi connectivity index (χ1) is 7.99. The zero-order valence-electron chi connectivity index (χ0n) is 10.5. The Labute approximate surface area is 101 Å². The highest BCUT2D eigenvalue weighted by Crippen LogP contribution is 2.29. The largest absolute Gasteiger partial charge is 0.464 e. The number of furan rings is 1. The Balaban J connectivity index is 2.14. The highest BCUT2D eigenvalue weighted by Gasteiger charge is 2.37. The summed E-state index contributed by atoms with van der Waals surface area (Å²) < 4.78 is 5.59. The van der Waals surface area contributed by atoms with Crippen LogP contribution in [0.25, 0.3) is 0 Å². The molecule has 2 heterocycles. The first kappa shape index (κ1) is 12.0. The van der Waals surface area contributed by atoms with Gasteiger partial charge in [-0.1, -0.05) is 0 Å². The molecular weight excluding hydrogens is 218 g/mol. The van der Waals surface area contributed by atoms with Gasteiger partial charge in [-0.2, -0.15) is 0 Å². The number of hydrogen-bond donors (Lipinski definition) is 1. The fraction of sp³-hybridized carbons (Fsp3) is 0.583. The van der Waals surface area contributed by atoms with E-state index in [0.29, 0.717) is 13.1 Å². The molecule has 2 amide bonds. The van der Waals surface area contributed by atoms with Gasteiger partial charge in [0.2, 0.25) is 0 Å². The number of carbonyl (C=O) groups is 1. The van der Waals surface area contributed by atoms with Gasteiger partial charge in [0.25, 0.3) is 0 Å². The lowest BCUT2D eigenvalue weighted by Crippen LogP contribution is -2.38. The predicted molar refractivity (Wildman–Crippen MR) is 64.6 cm³/mol. The molecule has 5 nitrogen and oxygen atoms in total. The number of likely N-dealkylation sites (N-methyl/N-ethyl adjacent to an activating group) is 1. The molecule has 0 spiro atoms. The quantitative estimate of drug-likeness (QED) is 0.863. The molecule has 1 aromatic rings. The molecule has 94 valence electrons. The highest BCUT2D eigenvalue weighted by atomic mass is 16.3. The highest BCUT2D eigenvalue weighted by molar-refractivity contribution is 5.77. The summed E-state index contributed by atoms with van der Waals surface area (Å²) in [6.07, 6.45) is 0. The number of rotatable bonds is 3. The van der Waals surface area contributed by atoms with Gasteiger partial charge in [-0.3, -0.25) is 0 Å². The number of nitrogens with two attached hydrogens (primary N) is 1. The Morgan fingerprint density at radius 2 is 2.29 bits per heavy atom. The number of carbonyl (C=O) groups excluding carboxylic acids is 1. The van der Waals surface area contributed by atoms with Crippen molar-refractivity contribution in [1.82, 2.24) is 9.80 Å². The number of amides is 2. The summed E-state index contributed by atoms with van der Waals surface area (Å²) in [6, 6.07) is 3.85. The number of urea groups is 1. The van der Waals surface area contributed by atoms with E-state index < -0.39 is 0 Å². The fourth-order valence-electron chi connectivity index (χ4n) is 2.18. The molecule has 5 heteroatoms. The average Bonchev–Trinajstić information content (AvgIpc) is 2.77. The van der Waals surface area contributed by atoms with Crippen LogP contribution in [0.5, 0.6) is 0 Å². The molecule has 1 aromatic heterocycles. The minimum Gasteiger partial charge on any atom is -0.464 e. The van der Waals surface area contributed by atoms with Crippen molar-refractivity contribution in [3.05, 3.63) is 23.7 Å². The zero-order valence-corrected chi connectivity index (χ0v) is 10.5. The van der Waals surface area contributed by atoms with Crippen LogP contribution in [0.2, 0.25) is 0 Å². The van der Waals surface area contributed by atoms with Crippen molar-refractivity contribution in [2.45, 2.75) is 25.9 Å². The Kier molecular flexibility index (Phi) is 3.11. The van der Waals surface area contributed by atoms with Crippen LogP contribution in [0.15, 0.2) is 16.5 Å². The fourth-order valence-corrected chi connectivity index (χ4v) is 2.18. The van der Waals surface area contributed by atoms with Gasteiger partial charge < -0.3 is 20.0 Å². The smallest absolute Gasteiger partial charge is 0.320 e. The lowest BCUT2D eigenvalue weighted by atomic mass is 10.2. The maximum atomic E-state index is 12.0. The first-order valence-corrected chi connectivity index (χ1v) is 5.82. The lowest BCUT2D eigenvalue weighted by molar-refractivity contribution is 0.192. The Morgan fingerprint density at radius 3 is 2.82 bits per heavy atom. The van der Waals surface area contributed by atoms with E-state index in [0.717, 1.165) is 11.5 Å².